The average molecular weight is 507 g/mol. The number of halogens is 2. The van der Waals surface area contributed by atoms with Crippen LogP contribution in [-0.2, 0) is 16.0 Å². The molecule has 0 saturated heterocycles. The van der Waals surface area contributed by atoms with Crippen LogP contribution in [0, 0.1) is 0 Å². The Balaban J connectivity index is 0.00000171. The molecule has 0 radical (unpaired) electrons. The summed E-state index contributed by atoms with van der Waals surface area (Å²) < 4.78 is 0. The first kappa shape index (κ1) is 25.9. The maximum Gasteiger partial charge on any atom is 0.246 e. The van der Waals surface area contributed by atoms with E-state index < -0.39 is 0 Å². The molecule has 8 heteroatoms. The SMILES string of the molecule is Cl.Cl.O=C(CCc1cccnc1)Nc1ccc(C2=NCC(=O)Nc3c2ccc2ccccc32)cc1. The quantitative estimate of drug-likeness (QED) is 0.378. The number of nitrogens with one attached hydrogen (secondary N) is 2. The summed E-state index contributed by atoms with van der Waals surface area (Å²) in [6.45, 7) is 0.0607. The zero-order valence-corrected chi connectivity index (χ0v) is 20.4. The molecule has 0 fully saturated rings. The van der Waals surface area contributed by atoms with Crippen LogP contribution in [0.2, 0.25) is 0 Å². The third kappa shape index (κ3) is 5.85. The van der Waals surface area contributed by atoms with E-state index >= 15 is 0 Å². The Bertz CT molecular complexity index is 1370. The number of rotatable bonds is 5. The number of carbonyl (C=O) groups is 2. The molecule has 4 aromatic rings. The number of benzene rings is 3. The van der Waals surface area contributed by atoms with Crippen LogP contribution in [-0.4, -0.2) is 29.1 Å². The minimum atomic E-state index is -0.139. The Labute approximate surface area is 215 Å². The number of anilines is 2. The fraction of sp³-hybridized carbons (Fsp3) is 0.111. The van der Waals surface area contributed by atoms with Crippen LogP contribution >= 0.6 is 24.8 Å². The summed E-state index contributed by atoms with van der Waals surface area (Å²) in [6, 6.07) is 23.4. The third-order valence-electron chi connectivity index (χ3n) is 5.63. The fourth-order valence-corrected chi connectivity index (χ4v) is 4.00. The fourth-order valence-electron chi connectivity index (χ4n) is 4.00. The summed E-state index contributed by atoms with van der Waals surface area (Å²) in [7, 11) is 0. The van der Waals surface area contributed by atoms with E-state index in [2.05, 4.69) is 20.6 Å². The second-order valence-corrected chi connectivity index (χ2v) is 7.91. The number of amides is 2. The predicted octanol–water partition coefficient (Wildman–Crippen LogP) is 5.44. The van der Waals surface area contributed by atoms with E-state index in [4.69, 9.17) is 0 Å². The first-order valence-corrected chi connectivity index (χ1v) is 10.8. The van der Waals surface area contributed by atoms with Gasteiger partial charge in [0.05, 0.1) is 11.4 Å². The van der Waals surface area contributed by atoms with Crippen LogP contribution < -0.4 is 10.6 Å². The second kappa shape index (κ2) is 11.6. The lowest BCUT2D eigenvalue weighted by Crippen LogP contribution is -2.13. The summed E-state index contributed by atoms with van der Waals surface area (Å²) in [6.07, 6.45) is 4.52. The van der Waals surface area contributed by atoms with Crippen molar-refractivity contribution in [1.29, 1.82) is 0 Å². The minimum Gasteiger partial charge on any atom is -0.326 e. The van der Waals surface area contributed by atoms with Gasteiger partial charge in [0, 0.05) is 41.0 Å². The Hall–Kier alpha value is -3.74. The van der Waals surface area contributed by atoms with Crippen molar-refractivity contribution in [2.24, 2.45) is 4.99 Å². The molecule has 1 aliphatic heterocycles. The van der Waals surface area contributed by atoms with Crippen LogP contribution in [0.25, 0.3) is 10.8 Å². The van der Waals surface area contributed by atoms with Gasteiger partial charge >= 0.3 is 0 Å². The number of aliphatic imine (C=N–C) groups is 1. The van der Waals surface area contributed by atoms with Crippen LogP contribution in [0.5, 0.6) is 0 Å². The second-order valence-electron chi connectivity index (χ2n) is 7.91. The molecule has 2 heterocycles. The number of carbonyl (C=O) groups excluding carboxylic acids is 2. The van der Waals surface area contributed by atoms with Gasteiger partial charge in [-0.05, 0) is 35.6 Å². The molecule has 178 valence electrons. The first-order chi connectivity index (χ1) is 16.2. The van der Waals surface area contributed by atoms with E-state index in [1.54, 1.807) is 12.4 Å². The Morgan fingerprint density at radius 3 is 2.51 bits per heavy atom. The van der Waals surface area contributed by atoms with Crippen molar-refractivity contribution in [2.45, 2.75) is 12.8 Å². The molecule has 3 aromatic carbocycles. The van der Waals surface area contributed by atoms with E-state index in [-0.39, 0.29) is 43.2 Å². The van der Waals surface area contributed by atoms with Crippen LogP contribution in [0.4, 0.5) is 11.4 Å². The highest BCUT2D eigenvalue weighted by atomic mass is 35.5. The lowest BCUT2D eigenvalue weighted by Gasteiger charge is -2.13. The molecule has 0 saturated carbocycles. The van der Waals surface area contributed by atoms with Crippen LogP contribution in [0.3, 0.4) is 0 Å². The summed E-state index contributed by atoms with van der Waals surface area (Å²) >= 11 is 0. The normalized spacial score (nSPS) is 12.2. The lowest BCUT2D eigenvalue weighted by molar-refractivity contribution is -0.116. The van der Waals surface area contributed by atoms with E-state index in [1.165, 1.54) is 0 Å². The summed E-state index contributed by atoms with van der Waals surface area (Å²) in [5.74, 6) is -0.190. The van der Waals surface area contributed by atoms with Crippen molar-refractivity contribution < 1.29 is 9.59 Å². The van der Waals surface area contributed by atoms with Gasteiger partial charge in [0.2, 0.25) is 11.8 Å². The maximum absolute atomic E-state index is 12.3. The van der Waals surface area contributed by atoms with E-state index in [1.807, 2.05) is 72.8 Å². The molecular formula is C27H24Cl2N4O2. The standard InChI is InChI=1S/C27H22N4O2.2ClH/c32-24(14-7-18-4-3-15-28-16-18)30-21-11-8-20(9-12-21)26-23-13-10-19-5-1-2-6-22(19)27(23)31-25(33)17-29-26;;/h1-6,8-13,15-16H,7,14,17H2,(H,30,32)(H,31,33);2*1H. The maximum atomic E-state index is 12.3. The average Bonchev–Trinajstić information content (AvgIpc) is 3.02. The predicted molar refractivity (Wildman–Crippen MR) is 145 cm³/mol. The zero-order valence-electron chi connectivity index (χ0n) is 18.7. The van der Waals surface area contributed by atoms with Gasteiger partial charge in [0.15, 0.2) is 0 Å². The molecule has 2 N–H and O–H groups in total. The Morgan fingerprint density at radius 1 is 0.943 bits per heavy atom. The molecular weight excluding hydrogens is 483 g/mol. The smallest absolute Gasteiger partial charge is 0.246 e. The highest BCUT2D eigenvalue weighted by molar-refractivity contribution is 6.23. The number of nitrogens with zero attached hydrogens (tertiary/aromatic N) is 2. The topological polar surface area (TPSA) is 83.5 Å². The molecule has 0 atom stereocenters. The number of aryl methyl sites for hydroxylation is 1. The monoisotopic (exact) mass is 506 g/mol. The highest BCUT2D eigenvalue weighted by Gasteiger charge is 2.20. The van der Waals surface area contributed by atoms with E-state index in [0.29, 0.717) is 12.8 Å². The van der Waals surface area contributed by atoms with Gasteiger partial charge in [-0.3, -0.25) is 19.6 Å². The molecule has 2 amide bonds. The molecule has 35 heavy (non-hydrogen) atoms. The third-order valence-corrected chi connectivity index (χ3v) is 5.63. The highest BCUT2D eigenvalue weighted by Crippen LogP contribution is 2.31. The zero-order chi connectivity index (χ0) is 22.6. The van der Waals surface area contributed by atoms with Crippen molar-refractivity contribution in [1.82, 2.24) is 4.98 Å². The molecule has 1 aliphatic rings. The first-order valence-electron chi connectivity index (χ1n) is 10.8. The Kier molecular flexibility index (Phi) is 8.58. The number of hydrogen-bond donors (Lipinski definition) is 2. The molecule has 0 spiro atoms. The summed E-state index contributed by atoms with van der Waals surface area (Å²) in [5.41, 5.74) is 5.05. The molecule has 0 aliphatic carbocycles. The van der Waals surface area contributed by atoms with Gasteiger partial charge in [0.1, 0.15) is 6.54 Å². The van der Waals surface area contributed by atoms with Crippen molar-refractivity contribution in [2.75, 3.05) is 17.2 Å². The number of aromatic nitrogens is 1. The van der Waals surface area contributed by atoms with Gasteiger partial charge in [-0.15, -0.1) is 24.8 Å². The van der Waals surface area contributed by atoms with E-state index in [9.17, 15) is 9.59 Å². The van der Waals surface area contributed by atoms with Gasteiger partial charge in [-0.1, -0.05) is 54.6 Å². The minimum absolute atomic E-state index is 0. The number of pyridine rings is 1. The van der Waals surface area contributed by atoms with Crippen molar-refractivity contribution in [3.8, 4) is 0 Å². The van der Waals surface area contributed by atoms with Crippen molar-refractivity contribution in [3.63, 3.8) is 0 Å². The lowest BCUT2D eigenvalue weighted by atomic mass is 9.96. The van der Waals surface area contributed by atoms with Crippen molar-refractivity contribution in [3.05, 3.63) is 102 Å². The number of hydrogen-bond acceptors (Lipinski definition) is 4. The van der Waals surface area contributed by atoms with Gasteiger partial charge in [-0.25, -0.2) is 0 Å². The molecule has 1 aromatic heterocycles. The largest absolute Gasteiger partial charge is 0.326 e. The summed E-state index contributed by atoms with van der Waals surface area (Å²) in [4.78, 5) is 33.3. The van der Waals surface area contributed by atoms with Gasteiger partial charge < -0.3 is 10.6 Å². The van der Waals surface area contributed by atoms with E-state index in [0.717, 1.165) is 44.5 Å². The molecule has 0 bridgehead atoms. The molecule has 5 rings (SSSR count). The number of fused-ring (bicyclic) bond motifs is 3. The van der Waals surface area contributed by atoms with Gasteiger partial charge in [-0.2, -0.15) is 0 Å². The van der Waals surface area contributed by atoms with Crippen molar-refractivity contribution >= 4 is 64.5 Å². The molecule has 0 unspecified atom stereocenters. The summed E-state index contributed by atoms with van der Waals surface area (Å²) in [5, 5.41) is 7.99. The van der Waals surface area contributed by atoms with Crippen LogP contribution in [0.15, 0.2) is 90.2 Å². The molecule has 6 nitrogen and oxygen atoms in total. The van der Waals surface area contributed by atoms with Gasteiger partial charge in [0.25, 0.3) is 0 Å². The Morgan fingerprint density at radius 2 is 1.74 bits per heavy atom. The van der Waals surface area contributed by atoms with Crippen LogP contribution in [0.1, 0.15) is 23.1 Å².